The summed E-state index contributed by atoms with van der Waals surface area (Å²) in [6.45, 7) is -0.196. The van der Waals surface area contributed by atoms with E-state index in [0.717, 1.165) is 9.56 Å². The zero-order valence-electron chi connectivity index (χ0n) is 8.29. The number of thiophene rings is 1. The zero-order chi connectivity index (χ0) is 11.5. The van der Waals surface area contributed by atoms with Crippen molar-refractivity contribution in [2.45, 2.75) is 6.54 Å². The molecule has 0 spiro atoms. The maximum Gasteiger partial charge on any atom is 0.267 e. The molecule has 0 aliphatic rings. The molecule has 0 aliphatic heterocycles. The van der Waals surface area contributed by atoms with Crippen LogP contribution in [0.3, 0.4) is 0 Å². The van der Waals surface area contributed by atoms with E-state index in [1.165, 1.54) is 17.4 Å². The van der Waals surface area contributed by atoms with Gasteiger partial charge in [-0.05, 0) is 17.5 Å². The van der Waals surface area contributed by atoms with Gasteiger partial charge in [0.15, 0.2) is 0 Å². The van der Waals surface area contributed by atoms with Gasteiger partial charge in [0, 0.05) is 6.07 Å². The first-order valence-corrected chi connectivity index (χ1v) is 5.45. The van der Waals surface area contributed by atoms with Crippen LogP contribution in [0.25, 0.3) is 10.6 Å². The number of rotatable bonds is 3. The first kappa shape index (κ1) is 10.6. The maximum atomic E-state index is 11.4. The number of nitrogens with zero attached hydrogens (tertiary/aromatic N) is 2. The van der Waals surface area contributed by atoms with Crippen molar-refractivity contribution >= 4 is 17.2 Å². The van der Waals surface area contributed by atoms with Gasteiger partial charge in [0.05, 0.1) is 4.88 Å². The summed E-state index contributed by atoms with van der Waals surface area (Å²) in [6, 6.07) is 6.80. The van der Waals surface area contributed by atoms with Crippen molar-refractivity contribution in [3.05, 3.63) is 40.0 Å². The summed E-state index contributed by atoms with van der Waals surface area (Å²) in [4.78, 5) is 23.1. The molecule has 2 N–H and O–H groups in total. The number of aromatic nitrogens is 2. The SMILES string of the molecule is NC(=O)Cn1nc(-c2cccs2)ccc1=O. The van der Waals surface area contributed by atoms with E-state index in [4.69, 9.17) is 5.73 Å². The van der Waals surface area contributed by atoms with Crippen LogP contribution in [0.2, 0.25) is 0 Å². The lowest BCUT2D eigenvalue weighted by molar-refractivity contribution is -0.118. The van der Waals surface area contributed by atoms with Crippen molar-refractivity contribution in [3.63, 3.8) is 0 Å². The van der Waals surface area contributed by atoms with Crippen LogP contribution >= 0.6 is 11.3 Å². The van der Waals surface area contributed by atoms with Crippen molar-refractivity contribution in [3.8, 4) is 10.6 Å². The molecule has 1 amide bonds. The minimum absolute atomic E-state index is 0.196. The van der Waals surface area contributed by atoms with Gasteiger partial charge in [-0.2, -0.15) is 5.10 Å². The summed E-state index contributed by atoms with van der Waals surface area (Å²) >= 11 is 1.52. The first-order valence-electron chi connectivity index (χ1n) is 4.57. The number of primary amides is 1. The Morgan fingerprint density at radius 2 is 2.25 bits per heavy atom. The topological polar surface area (TPSA) is 78.0 Å². The van der Waals surface area contributed by atoms with Crippen molar-refractivity contribution in [1.82, 2.24) is 9.78 Å². The Hall–Kier alpha value is -1.95. The average Bonchev–Trinajstić information content (AvgIpc) is 2.73. The second kappa shape index (κ2) is 4.28. The van der Waals surface area contributed by atoms with E-state index in [1.54, 1.807) is 6.07 Å². The van der Waals surface area contributed by atoms with Gasteiger partial charge in [0.25, 0.3) is 5.56 Å². The molecule has 0 fully saturated rings. The highest BCUT2D eigenvalue weighted by molar-refractivity contribution is 7.13. The van der Waals surface area contributed by atoms with Gasteiger partial charge >= 0.3 is 0 Å². The number of amides is 1. The molecule has 5 nitrogen and oxygen atoms in total. The Kier molecular flexibility index (Phi) is 2.82. The molecule has 0 aromatic carbocycles. The van der Waals surface area contributed by atoms with Crippen LogP contribution in [0.15, 0.2) is 34.4 Å². The van der Waals surface area contributed by atoms with Crippen LogP contribution < -0.4 is 11.3 Å². The molecule has 2 heterocycles. The van der Waals surface area contributed by atoms with Crippen LogP contribution in [0.4, 0.5) is 0 Å². The van der Waals surface area contributed by atoms with E-state index >= 15 is 0 Å². The fourth-order valence-corrected chi connectivity index (χ4v) is 1.96. The van der Waals surface area contributed by atoms with Crippen LogP contribution in [0.5, 0.6) is 0 Å². The van der Waals surface area contributed by atoms with Crippen LogP contribution in [0.1, 0.15) is 0 Å². The second-order valence-electron chi connectivity index (χ2n) is 3.16. The Balaban J connectivity index is 2.43. The fraction of sp³-hybridized carbons (Fsp3) is 0.100. The summed E-state index contributed by atoms with van der Waals surface area (Å²) in [5.74, 6) is -0.585. The van der Waals surface area contributed by atoms with Crippen molar-refractivity contribution in [2.24, 2.45) is 5.73 Å². The van der Waals surface area contributed by atoms with E-state index in [-0.39, 0.29) is 12.1 Å². The number of nitrogens with two attached hydrogens (primary N) is 1. The minimum Gasteiger partial charge on any atom is -0.368 e. The molecule has 2 aromatic heterocycles. The van der Waals surface area contributed by atoms with Crippen molar-refractivity contribution in [2.75, 3.05) is 0 Å². The molecule has 0 aliphatic carbocycles. The summed E-state index contributed by atoms with van der Waals surface area (Å²) < 4.78 is 1.07. The van der Waals surface area contributed by atoms with Gasteiger partial charge < -0.3 is 5.73 Å². The smallest absolute Gasteiger partial charge is 0.267 e. The van der Waals surface area contributed by atoms with Crippen molar-refractivity contribution in [1.29, 1.82) is 0 Å². The monoisotopic (exact) mass is 235 g/mol. The third-order valence-electron chi connectivity index (χ3n) is 1.95. The quantitative estimate of drug-likeness (QED) is 0.839. The van der Waals surface area contributed by atoms with E-state index in [9.17, 15) is 9.59 Å². The Labute approximate surface area is 95.1 Å². The molecule has 0 saturated carbocycles. The molecule has 0 bridgehead atoms. The van der Waals surface area contributed by atoms with Gasteiger partial charge in [0.2, 0.25) is 5.91 Å². The van der Waals surface area contributed by atoms with E-state index in [0.29, 0.717) is 5.69 Å². The van der Waals surface area contributed by atoms with Crippen LogP contribution in [0, 0.1) is 0 Å². The highest BCUT2D eigenvalue weighted by Gasteiger charge is 2.05. The van der Waals surface area contributed by atoms with Crippen LogP contribution in [-0.4, -0.2) is 15.7 Å². The normalized spacial score (nSPS) is 10.2. The van der Waals surface area contributed by atoms with Crippen LogP contribution in [-0.2, 0) is 11.3 Å². The molecule has 2 rings (SSSR count). The molecule has 82 valence electrons. The molecule has 16 heavy (non-hydrogen) atoms. The van der Waals surface area contributed by atoms with Gasteiger partial charge in [-0.3, -0.25) is 9.59 Å². The minimum atomic E-state index is -0.585. The maximum absolute atomic E-state index is 11.4. The molecule has 2 aromatic rings. The fourth-order valence-electron chi connectivity index (χ4n) is 1.27. The molecule has 6 heteroatoms. The summed E-state index contributed by atoms with van der Waals surface area (Å²) in [5, 5.41) is 5.99. The lowest BCUT2D eigenvalue weighted by Crippen LogP contribution is -2.29. The largest absolute Gasteiger partial charge is 0.368 e. The average molecular weight is 235 g/mol. The van der Waals surface area contributed by atoms with E-state index < -0.39 is 5.91 Å². The molecule has 0 atom stereocenters. The molecule has 0 unspecified atom stereocenters. The lowest BCUT2D eigenvalue weighted by Gasteiger charge is -2.02. The van der Waals surface area contributed by atoms with Crippen molar-refractivity contribution < 1.29 is 4.79 Å². The Bertz CT molecular complexity index is 560. The van der Waals surface area contributed by atoms with E-state index in [2.05, 4.69) is 5.10 Å². The Morgan fingerprint density at radius 1 is 1.44 bits per heavy atom. The number of hydrogen-bond donors (Lipinski definition) is 1. The summed E-state index contributed by atoms with van der Waals surface area (Å²) in [5.41, 5.74) is 5.35. The summed E-state index contributed by atoms with van der Waals surface area (Å²) in [6.07, 6.45) is 0. The number of hydrogen-bond acceptors (Lipinski definition) is 4. The molecule has 0 radical (unpaired) electrons. The predicted molar refractivity (Wildman–Crippen MR) is 61.0 cm³/mol. The summed E-state index contributed by atoms with van der Waals surface area (Å²) in [7, 11) is 0. The highest BCUT2D eigenvalue weighted by Crippen LogP contribution is 2.20. The van der Waals surface area contributed by atoms with Gasteiger partial charge in [-0.15, -0.1) is 11.3 Å². The predicted octanol–water partition coefficient (Wildman–Crippen LogP) is 0.457. The zero-order valence-corrected chi connectivity index (χ0v) is 9.11. The molecule has 0 saturated heterocycles. The third-order valence-corrected chi connectivity index (χ3v) is 2.84. The Morgan fingerprint density at radius 3 is 2.88 bits per heavy atom. The second-order valence-corrected chi connectivity index (χ2v) is 4.11. The van der Waals surface area contributed by atoms with Gasteiger partial charge in [-0.1, -0.05) is 6.07 Å². The standard InChI is InChI=1S/C10H9N3O2S/c11-9(14)6-13-10(15)4-3-7(12-13)8-2-1-5-16-8/h1-5H,6H2,(H2,11,14). The highest BCUT2D eigenvalue weighted by atomic mass is 32.1. The first-order chi connectivity index (χ1) is 7.66. The van der Waals surface area contributed by atoms with Gasteiger partial charge in [-0.25, -0.2) is 4.68 Å². The lowest BCUT2D eigenvalue weighted by atomic mass is 10.3. The van der Waals surface area contributed by atoms with Gasteiger partial charge in [0.1, 0.15) is 12.2 Å². The number of carbonyl (C=O) groups excluding carboxylic acids is 1. The molecular weight excluding hydrogens is 226 g/mol. The number of carbonyl (C=O) groups is 1. The molecular formula is C10H9N3O2S. The van der Waals surface area contributed by atoms with E-state index in [1.807, 2.05) is 17.5 Å². The third kappa shape index (κ3) is 2.17.